The molecule has 5 rings (SSSR count). The van der Waals surface area contributed by atoms with Crippen molar-refractivity contribution in [1.82, 2.24) is 14.9 Å². The van der Waals surface area contributed by atoms with Gasteiger partial charge < -0.3 is 10.2 Å². The Morgan fingerprint density at radius 3 is 2.50 bits per heavy atom. The van der Waals surface area contributed by atoms with E-state index in [4.69, 9.17) is 11.6 Å². The number of allylic oxidation sites excluding steroid dienone is 2. The topological polar surface area (TPSA) is 104 Å². The summed E-state index contributed by atoms with van der Waals surface area (Å²) in [5.74, 6) is -0.379. The van der Waals surface area contributed by atoms with E-state index in [1.54, 1.807) is 12.3 Å². The molecule has 0 amide bonds. The van der Waals surface area contributed by atoms with Crippen LogP contribution in [0.5, 0.6) is 5.75 Å². The number of rotatable bonds is 10. The maximum atomic E-state index is 13.4. The lowest BCUT2D eigenvalue weighted by Crippen LogP contribution is -2.21. The van der Waals surface area contributed by atoms with Crippen LogP contribution in [0.1, 0.15) is 55.8 Å². The van der Waals surface area contributed by atoms with Gasteiger partial charge in [-0.25, -0.2) is 9.97 Å². The Labute approximate surface area is 250 Å². The number of aromatic hydroxyl groups is 1. The number of phenolic OH excluding ortho intramolecular Hbond substituents is 1. The van der Waals surface area contributed by atoms with E-state index in [9.17, 15) is 19.8 Å². The molecular formula is C34H32ClN3O4. The summed E-state index contributed by atoms with van der Waals surface area (Å²) in [6.45, 7) is 4.34. The average Bonchev–Trinajstić information content (AvgIpc) is 3.41. The predicted molar refractivity (Wildman–Crippen MR) is 164 cm³/mol. The fourth-order valence-corrected chi connectivity index (χ4v) is 5.40. The number of carbonyl (C=O) groups is 2. The zero-order valence-electron chi connectivity index (χ0n) is 23.3. The Bertz CT molecular complexity index is 1620. The summed E-state index contributed by atoms with van der Waals surface area (Å²) >= 11 is 6.03. The third-order valence-electron chi connectivity index (χ3n) is 7.56. The van der Waals surface area contributed by atoms with Crippen LogP contribution in [0.2, 0.25) is 5.28 Å². The molecule has 1 saturated heterocycles. The Hall–Kier alpha value is -4.17. The fraction of sp³-hybridized carbons (Fsp3) is 0.235. The van der Waals surface area contributed by atoms with Crippen LogP contribution in [0.3, 0.4) is 0 Å². The second-order valence-corrected chi connectivity index (χ2v) is 11.0. The highest BCUT2D eigenvalue weighted by molar-refractivity contribution is 6.28. The first-order chi connectivity index (χ1) is 20.3. The second kappa shape index (κ2) is 13.2. The predicted octanol–water partition coefficient (Wildman–Crippen LogP) is 6.09. The van der Waals surface area contributed by atoms with E-state index in [0.717, 1.165) is 53.0 Å². The number of aldehydes is 1. The molecule has 1 fully saturated rings. The molecule has 0 bridgehead atoms. The molecule has 0 saturated carbocycles. The van der Waals surface area contributed by atoms with Crippen LogP contribution >= 0.6 is 11.6 Å². The summed E-state index contributed by atoms with van der Waals surface area (Å²) in [4.78, 5) is 35.6. The first kappa shape index (κ1) is 29.3. The molecule has 1 aliphatic rings. The number of β-amino-alcohol motifs (C(OH)–C–C–N with tert-alkyl or cyclic N) is 1. The number of aryl methyl sites for hydroxylation is 2. The molecule has 214 valence electrons. The summed E-state index contributed by atoms with van der Waals surface area (Å²) in [6.07, 6.45) is 5.72. The maximum absolute atomic E-state index is 13.4. The van der Waals surface area contributed by atoms with Crippen LogP contribution < -0.4 is 0 Å². The molecule has 3 aromatic carbocycles. The molecule has 0 aliphatic carbocycles. The quantitative estimate of drug-likeness (QED) is 0.101. The highest BCUT2D eigenvalue weighted by Crippen LogP contribution is 2.28. The van der Waals surface area contributed by atoms with Gasteiger partial charge in [-0.15, -0.1) is 0 Å². The number of hydrogen-bond acceptors (Lipinski definition) is 7. The third-order valence-corrected chi connectivity index (χ3v) is 7.75. The van der Waals surface area contributed by atoms with E-state index < -0.39 is 0 Å². The molecule has 0 radical (unpaired) electrons. The van der Waals surface area contributed by atoms with E-state index in [2.05, 4.69) is 39.1 Å². The van der Waals surface area contributed by atoms with Crippen molar-refractivity contribution in [3.05, 3.63) is 118 Å². The van der Waals surface area contributed by atoms with Gasteiger partial charge in [0.15, 0.2) is 12.1 Å². The van der Waals surface area contributed by atoms with Crippen molar-refractivity contribution in [2.45, 2.75) is 38.8 Å². The van der Waals surface area contributed by atoms with Crippen molar-refractivity contribution >= 4 is 29.2 Å². The van der Waals surface area contributed by atoms with Gasteiger partial charge in [0.2, 0.25) is 5.28 Å². The molecular weight excluding hydrogens is 550 g/mol. The fourth-order valence-electron chi connectivity index (χ4n) is 5.27. The Morgan fingerprint density at radius 1 is 1.07 bits per heavy atom. The molecule has 8 heteroatoms. The number of phenols is 1. The minimum atomic E-state index is -0.308. The largest absolute Gasteiger partial charge is 0.508 e. The highest BCUT2D eigenvalue weighted by Gasteiger charge is 2.20. The van der Waals surface area contributed by atoms with E-state index in [1.165, 1.54) is 23.8 Å². The van der Waals surface area contributed by atoms with Gasteiger partial charge in [-0.2, -0.15) is 0 Å². The number of benzene rings is 3. The van der Waals surface area contributed by atoms with Gasteiger partial charge in [-0.3, -0.25) is 14.5 Å². The van der Waals surface area contributed by atoms with Crippen LogP contribution in [0.15, 0.2) is 79.0 Å². The van der Waals surface area contributed by atoms with Crippen molar-refractivity contribution in [2.75, 3.05) is 13.1 Å². The van der Waals surface area contributed by atoms with Crippen molar-refractivity contribution in [3.63, 3.8) is 0 Å². The van der Waals surface area contributed by atoms with Crippen LogP contribution in [0, 0.1) is 6.92 Å². The highest BCUT2D eigenvalue weighted by atomic mass is 35.5. The van der Waals surface area contributed by atoms with Gasteiger partial charge >= 0.3 is 0 Å². The molecule has 1 atom stereocenters. The summed E-state index contributed by atoms with van der Waals surface area (Å²) in [6, 6.07) is 20.4. The molecule has 1 aromatic heterocycles. The number of halogens is 1. The first-order valence-electron chi connectivity index (χ1n) is 13.9. The van der Waals surface area contributed by atoms with Gasteiger partial charge in [0.25, 0.3) is 0 Å². The zero-order chi connectivity index (χ0) is 29.6. The number of nitrogens with zero attached hydrogens (tertiary/aromatic N) is 3. The Morgan fingerprint density at radius 2 is 1.81 bits per heavy atom. The second-order valence-electron chi connectivity index (χ2n) is 10.7. The van der Waals surface area contributed by atoms with E-state index in [0.29, 0.717) is 25.7 Å². The number of likely N-dealkylation sites (tertiary alicyclic amines) is 1. The van der Waals surface area contributed by atoms with Crippen molar-refractivity contribution in [1.29, 1.82) is 0 Å². The molecule has 1 aliphatic heterocycles. The van der Waals surface area contributed by atoms with Gasteiger partial charge in [0.1, 0.15) is 5.75 Å². The first-order valence-corrected chi connectivity index (χ1v) is 14.3. The smallest absolute Gasteiger partial charge is 0.222 e. The van der Waals surface area contributed by atoms with Gasteiger partial charge in [-0.1, -0.05) is 48.5 Å². The molecule has 4 aromatic rings. The SMILES string of the molecule is Cc1cnc(Cl)nc1-c1ccc(C(=CC(=O)c2ccc(O)cc2C=O)CCc2ccc(CN3CCC(O)C3)cc2)cc1. The zero-order valence-corrected chi connectivity index (χ0v) is 24.1. The normalized spacial score (nSPS) is 15.6. The van der Waals surface area contributed by atoms with Crippen LogP contribution in [-0.4, -0.2) is 56.3 Å². The lowest BCUT2D eigenvalue weighted by Gasteiger charge is -2.15. The minimum absolute atomic E-state index is 0.0714. The van der Waals surface area contributed by atoms with E-state index in [-0.39, 0.29) is 34.0 Å². The molecule has 7 nitrogen and oxygen atoms in total. The van der Waals surface area contributed by atoms with Gasteiger partial charge in [0.05, 0.1) is 11.8 Å². The average molecular weight is 582 g/mol. The number of hydrogen-bond donors (Lipinski definition) is 2. The lowest BCUT2D eigenvalue weighted by atomic mass is 9.93. The van der Waals surface area contributed by atoms with Crippen LogP contribution in [0.4, 0.5) is 0 Å². The molecule has 0 spiro atoms. The van der Waals surface area contributed by atoms with Gasteiger partial charge in [-0.05, 0) is 89.9 Å². The van der Waals surface area contributed by atoms with Crippen molar-refractivity contribution in [3.8, 4) is 17.0 Å². The van der Waals surface area contributed by atoms with Crippen molar-refractivity contribution < 1.29 is 19.8 Å². The summed E-state index contributed by atoms with van der Waals surface area (Å²) in [5, 5.41) is 19.7. The lowest BCUT2D eigenvalue weighted by molar-refractivity contribution is 0.103. The van der Waals surface area contributed by atoms with Crippen molar-refractivity contribution in [2.24, 2.45) is 0 Å². The number of aliphatic hydroxyl groups excluding tert-OH is 1. The summed E-state index contributed by atoms with van der Waals surface area (Å²) in [5.41, 5.74) is 6.94. The number of aliphatic hydroxyl groups is 1. The molecule has 42 heavy (non-hydrogen) atoms. The third kappa shape index (κ3) is 7.18. The summed E-state index contributed by atoms with van der Waals surface area (Å²) in [7, 11) is 0. The number of aromatic nitrogens is 2. The molecule has 2 heterocycles. The van der Waals surface area contributed by atoms with Gasteiger partial charge in [0, 0.05) is 42.5 Å². The van der Waals surface area contributed by atoms with Crippen LogP contribution in [-0.2, 0) is 13.0 Å². The molecule has 1 unspecified atom stereocenters. The Balaban J connectivity index is 1.39. The molecule has 2 N–H and O–H groups in total. The standard InChI is InChI=1S/C34H32ClN3O4/c1-22-18-36-34(35)37-33(22)26-10-8-25(9-11-26)27(17-32(42)31-13-12-29(40)16-28(31)21-39)7-6-23-2-4-24(5-3-23)19-38-15-14-30(41)20-38/h2-5,8-13,16-18,21,30,40-41H,6-7,14-15,19-20H2,1H3. The van der Waals surface area contributed by atoms with Crippen LogP contribution in [0.25, 0.3) is 16.8 Å². The van der Waals surface area contributed by atoms with E-state index in [1.807, 2.05) is 31.2 Å². The number of carbonyl (C=O) groups excluding carboxylic acids is 2. The Kier molecular flexibility index (Phi) is 9.22. The minimum Gasteiger partial charge on any atom is -0.508 e. The van der Waals surface area contributed by atoms with E-state index >= 15 is 0 Å². The monoisotopic (exact) mass is 581 g/mol. The maximum Gasteiger partial charge on any atom is 0.222 e. The summed E-state index contributed by atoms with van der Waals surface area (Å²) < 4.78 is 0. The number of ketones is 1.